The minimum atomic E-state index is -4.89. The normalized spacial score (nSPS) is 17.6. The first kappa shape index (κ1) is 98.4. The molecule has 0 radical (unpaired) electrons. The lowest BCUT2D eigenvalue weighted by atomic mass is 9.95. The minimum absolute atomic E-state index is 0.00519. The second-order valence-corrected chi connectivity index (χ2v) is 30.9. The number of halogens is 9. The molecule has 4 unspecified atom stereocenters. The minimum Gasteiger partial charge on any atom is -0.507 e. The molecule has 0 spiro atoms. The van der Waals surface area contributed by atoms with Crippen LogP contribution in [0, 0.1) is 27.7 Å². The van der Waals surface area contributed by atoms with E-state index in [-0.39, 0.29) is 85.2 Å². The van der Waals surface area contributed by atoms with Crippen LogP contribution in [0.5, 0.6) is 34.5 Å². The molecule has 4 N–H and O–H groups in total. The number of carbonyl (C=O) groups is 8. The van der Waals surface area contributed by atoms with E-state index < -0.39 is 125 Å². The van der Waals surface area contributed by atoms with Gasteiger partial charge in [0.25, 0.3) is 23.1 Å². The van der Waals surface area contributed by atoms with Crippen LogP contribution < -0.4 is 48.0 Å². The van der Waals surface area contributed by atoms with Crippen molar-refractivity contribution in [2.45, 2.75) is 111 Å². The molecule has 4 amide bonds. The number of amides is 4. The molecule has 12 aromatic rings. The number of aliphatic hydroxyl groups is 4. The zero-order chi connectivity index (χ0) is 99.5. The maximum absolute atomic E-state index is 13.2. The summed E-state index contributed by atoms with van der Waals surface area (Å²) in [7, 11) is 1.54. The van der Waals surface area contributed by atoms with Crippen molar-refractivity contribution in [3.05, 3.63) is 338 Å². The fourth-order valence-corrected chi connectivity index (χ4v) is 14.8. The Kier molecular flexibility index (Phi) is 29.7. The number of aliphatic hydroxyl groups excluding tert-OH is 4. The van der Waals surface area contributed by atoms with Gasteiger partial charge in [0, 0.05) is 34.6 Å². The van der Waals surface area contributed by atoms with Crippen LogP contribution in [0.3, 0.4) is 0 Å². The number of hydrogen-bond donors (Lipinski definition) is 4. The highest BCUT2D eigenvalue weighted by Gasteiger charge is 2.53. The van der Waals surface area contributed by atoms with Gasteiger partial charge in [-0.2, -0.15) is 20.4 Å². The van der Waals surface area contributed by atoms with Crippen molar-refractivity contribution in [1.29, 1.82) is 0 Å². The zero-order valence-electron chi connectivity index (χ0n) is 74.1. The maximum atomic E-state index is 13.2. The first-order chi connectivity index (χ1) is 65.6. The lowest BCUT2D eigenvalue weighted by molar-refractivity contribution is -0.275. The molecule has 16 rings (SSSR count). The van der Waals surface area contributed by atoms with Gasteiger partial charge in [-0.05, 0) is 240 Å². The molecule has 0 bridgehead atoms. The maximum Gasteiger partial charge on any atom is 0.573 e. The predicted octanol–water partition coefficient (Wildman–Crippen LogP) is 17.5. The van der Waals surface area contributed by atoms with Crippen LogP contribution >= 0.6 is 0 Å². The molecule has 4 aliphatic heterocycles. The summed E-state index contributed by atoms with van der Waals surface area (Å²) in [6.45, 7) is 14.9. The highest BCUT2D eigenvalue weighted by molar-refractivity contribution is 6.54. The third kappa shape index (κ3) is 22.5. The van der Waals surface area contributed by atoms with Gasteiger partial charge in [-0.3, -0.25) is 62.9 Å². The Morgan fingerprint density at radius 2 is 0.572 bits per heavy atom. The first-order valence-electron chi connectivity index (χ1n) is 41.8. The Morgan fingerprint density at radius 3 is 0.804 bits per heavy atom. The Morgan fingerprint density at radius 1 is 0.326 bits per heavy atom. The fraction of sp³-hybridized carbons (Fsp3) is 0.194. The van der Waals surface area contributed by atoms with E-state index in [4.69, 9.17) is 14.2 Å². The number of ketones is 4. The van der Waals surface area contributed by atoms with Crippen molar-refractivity contribution in [2.75, 3.05) is 33.3 Å². The Labute approximate surface area is 779 Å². The number of rotatable bonds is 21. The van der Waals surface area contributed by atoms with Gasteiger partial charge in [-0.1, -0.05) is 79.7 Å². The molecule has 5 aromatic heterocycles. The van der Waals surface area contributed by atoms with Crippen molar-refractivity contribution >= 4 is 93.1 Å². The topological polar surface area (TPSA) is 402 Å². The molecule has 0 aliphatic carbocycles. The van der Waals surface area contributed by atoms with E-state index in [9.17, 15) is 98.3 Å². The lowest BCUT2D eigenvalue weighted by Crippen LogP contribution is -2.30. The van der Waals surface area contributed by atoms with Crippen LogP contribution in [-0.4, -0.2) is 152 Å². The van der Waals surface area contributed by atoms with Crippen LogP contribution in [0.1, 0.15) is 125 Å². The van der Waals surface area contributed by atoms with E-state index >= 15 is 0 Å². The number of pyridine rings is 1. The Hall–Kier alpha value is -17.1. The van der Waals surface area contributed by atoms with Crippen molar-refractivity contribution in [1.82, 2.24) is 45.8 Å². The number of aryl methyl sites for hydroxylation is 5. The van der Waals surface area contributed by atoms with Gasteiger partial charge >= 0.3 is 42.7 Å². The number of nitrogens with zero attached hydrogens (tertiary/aromatic N) is 13. The SMILES string of the molecule is CCOc1ccc(C(O)=C2C(=O)C(=O)N(c3ccc(C)nn3)C2c2ccc(OC(F)(F)F)cc2)cc1.CCc1ccc(C(O)=C2C(=O)C(=O)N(c3ccc(C)nn3)C2c2ccc(OC(F)(F)F)cc2)cc1.COc1ccc(C(O)=C2C(=O)C(=O)N(c3ccc(C)nn3)C2c2ccc(OC(C)C)cc2)cc1.Cc1ccc(N2C(=O)C(=O)C(=C(O)c3ccncc3)C2c2ccc(OC(F)(F)F)cc2)nn1. The summed E-state index contributed by atoms with van der Waals surface area (Å²) in [5.41, 5.74) is 5.21. The summed E-state index contributed by atoms with van der Waals surface area (Å²) >= 11 is 0. The quantitative estimate of drug-likeness (QED) is 0.0225. The van der Waals surface area contributed by atoms with Gasteiger partial charge in [-0.25, -0.2) is 0 Å². The zero-order valence-corrected chi connectivity index (χ0v) is 74.1. The Balaban J connectivity index is 0.000000155. The summed E-state index contributed by atoms with van der Waals surface area (Å²) in [5.74, 6) is -8.29. The van der Waals surface area contributed by atoms with Gasteiger partial charge in [0.15, 0.2) is 23.3 Å². The van der Waals surface area contributed by atoms with Crippen molar-refractivity contribution < 1.29 is 127 Å². The molecule has 4 atom stereocenters. The van der Waals surface area contributed by atoms with Crippen LogP contribution in [0.4, 0.5) is 62.8 Å². The third-order valence-electron chi connectivity index (χ3n) is 21.1. The van der Waals surface area contributed by atoms with Crippen molar-refractivity contribution in [3.63, 3.8) is 0 Å². The average Bonchev–Trinajstić information content (AvgIpc) is 1.61. The molecule has 4 saturated heterocycles. The van der Waals surface area contributed by atoms with Crippen LogP contribution in [0.2, 0.25) is 0 Å². The van der Waals surface area contributed by atoms with E-state index in [2.05, 4.69) is 60.0 Å². The number of aromatic nitrogens is 9. The predicted molar refractivity (Wildman–Crippen MR) is 478 cm³/mol. The van der Waals surface area contributed by atoms with E-state index in [1.807, 2.05) is 27.7 Å². The van der Waals surface area contributed by atoms with E-state index in [0.717, 1.165) is 63.1 Å². The highest BCUT2D eigenvalue weighted by Crippen LogP contribution is 2.48. The number of ether oxygens (including phenoxy) is 6. The molecule has 138 heavy (non-hydrogen) atoms. The second-order valence-electron chi connectivity index (χ2n) is 30.9. The molecule has 31 nitrogen and oxygen atoms in total. The van der Waals surface area contributed by atoms with Gasteiger partial charge in [0.1, 0.15) is 57.5 Å². The Bertz CT molecular complexity index is 6670. The van der Waals surface area contributed by atoms with Gasteiger partial charge < -0.3 is 48.8 Å². The van der Waals surface area contributed by atoms with Crippen molar-refractivity contribution in [2.24, 2.45) is 0 Å². The van der Waals surface area contributed by atoms with Gasteiger partial charge in [0.05, 0.1) is 89.1 Å². The largest absolute Gasteiger partial charge is 0.573 e. The molecule has 7 aromatic carbocycles. The van der Waals surface area contributed by atoms with Gasteiger partial charge in [-0.15, -0.1) is 59.9 Å². The molecule has 40 heteroatoms. The van der Waals surface area contributed by atoms with Crippen LogP contribution in [0.25, 0.3) is 23.0 Å². The molecule has 9 heterocycles. The number of Topliss-reactive ketones (excluding diaryl/α,β-unsaturated/α-hetero) is 4. The smallest absolute Gasteiger partial charge is 0.507 e. The van der Waals surface area contributed by atoms with Crippen LogP contribution in [0.15, 0.2) is 265 Å². The van der Waals surface area contributed by atoms with E-state index in [0.29, 0.717) is 63.3 Å². The molecule has 0 saturated carbocycles. The first-order valence-corrected chi connectivity index (χ1v) is 41.8. The number of alkyl halides is 9. The summed E-state index contributed by atoms with van der Waals surface area (Å²) in [6.07, 6.45) is -11.1. The third-order valence-corrected chi connectivity index (χ3v) is 21.1. The molecule has 4 aliphatic rings. The summed E-state index contributed by atoms with van der Waals surface area (Å²) in [4.78, 5) is 113. The number of hydrogen-bond acceptors (Lipinski definition) is 27. The van der Waals surface area contributed by atoms with Crippen molar-refractivity contribution in [3.8, 4) is 34.5 Å². The highest BCUT2D eigenvalue weighted by atomic mass is 19.4. The van der Waals surface area contributed by atoms with E-state index in [1.165, 1.54) is 103 Å². The fourth-order valence-electron chi connectivity index (χ4n) is 14.8. The second kappa shape index (κ2) is 41.6. The number of anilines is 4. The summed E-state index contributed by atoms with van der Waals surface area (Å²) < 4.78 is 141. The standard InChI is InChI=1S/C26H25N3O5.C25H20F3N3O5.C25H20F3N3O4.C22H15F3N4O4/c1-15(2)34-20-12-6-17(7-13-20)23-22(24(30)18-8-10-19(33-4)11-9-18)25(31)26(32)29(23)21-14-5-16(3)27-28-21;1-3-35-17-9-7-16(8-10-17)22(32)20-21(15-5-11-18(12-6-15)36-25(26,27)28)31(24(34)23(20)33)19-13-4-14(2)29-30-19;1-3-15-5-7-17(8-6-15)22(32)20-21(16-9-11-18(12-10-16)35-25(26,27)28)31(24(34)23(20)33)19-13-4-14(2)29-30-19;1-12-2-7-16(28-27-12)29-18(13-3-5-15(6-4-13)33-22(23,24)25)17(20(31)21(29)32)19(30)14-8-10-26-11-9-14/h5-15,23,30H,1-4H3;4-13,21,32H,3H2,1-2H3;4-13,21,32H,3H2,1-2H3;2-11,18,30H,1H3. The summed E-state index contributed by atoms with van der Waals surface area (Å²) in [6, 6.07) is 51.8. The summed E-state index contributed by atoms with van der Waals surface area (Å²) in [5, 5.41) is 76.2. The molecular weight excluding hydrogens is 1820 g/mol. The number of benzene rings is 7. The molecule has 708 valence electrons. The monoisotopic (exact) mass is 1900 g/mol. The average molecular weight is 1900 g/mol. The number of methoxy groups -OCH3 is 1. The van der Waals surface area contributed by atoms with E-state index in [1.54, 1.807) is 143 Å². The van der Waals surface area contributed by atoms with Gasteiger partial charge in [0.2, 0.25) is 0 Å². The lowest BCUT2D eigenvalue weighted by Gasteiger charge is -2.24. The van der Waals surface area contributed by atoms with Crippen LogP contribution in [-0.2, 0) is 44.8 Å². The molecular formula is C98H80F9N13O18. The molecule has 4 fully saturated rings. The number of carbonyl (C=O) groups excluding carboxylic acids is 8.